The van der Waals surface area contributed by atoms with Crippen LogP contribution >= 0.6 is 0 Å². The zero-order chi connectivity index (χ0) is 10.2. The van der Waals surface area contributed by atoms with Gasteiger partial charge in [0, 0.05) is 12.5 Å². The van der Waals surface area contributed by atoms with Crippen LogP contribution in [0.4, 0.5) is 0 Å². The normalized spacial score (nSPS) is 39.9. The topological polar surface area (TPSA) is 29.1 Å². The lowest BCUT2D eigenvalue weighted by atomic mass is 9.66. The van der Waals surface area contributed by atoms with Crippen molar-refractivity contribution in [3.63, 3.8) is 0 Å². The third-order valence-corrected chi connectivity index (χ3v) is 4.45. The molecular formula is C12H21NO. The Hall–Kier alpha value is -0.530. The first-order valence-electron chi connectivity index (χ1n) is 5.92. The minimum Gasteiger partial charge on any atom is -0.353 e. The van der Waals surface area contributed by atoms with E-state index in [0.29, 0.717) is 6.04 Å². The van der Waals surface area contributed by atoms with Crippen molar-refractivity contribution in [2.45, 2.75) is 58.4 Å². The number of carbonyl (C=O) groups is 1. The molecule has 2 rings (SSSR count). The summed E-state index contributed by atoms with van der Waals surface area (Å²) in [7, 11) is 0. The minimum absolute atomic E-state index is 0.234. The van der Waals surface area contributed by atoms with Gasteiger partial charge in [0.2, 0.25) is 5.91 Å². The van der Waals surface area contributed by atoms with Gasteiger partial charge >= 0.3 is 0 Å². The van der Waals surface area contributed by atoms with Gasteiger partial charge in [-0.15, -0.1) is 0 Å². The standard InChI is InChI=1S/C12H21NO/c1-9-12(2,8-11(14)13-9)10-6-4-3-5-7-10/h9-10H,3-8H2,1-2H3,(H,13,14). The smallest absolute Gasteiger partial charge is 0.220 e. The van der Waals surface area contributed by atoms with E-state index in [0.717, 1.165) is 12.3 Å². The quantitative estimate of drug-likeness (QED) is 0.684. The average molecular weight is 195 g/mol. The van der Waals surface area contributed by atoms with Crippen LogP contribution in [0.15, 0.2) is 0 Å². The summed E-state index contributed by atoms with van der Waals surface area (Å²) >= 11 is 0. The summed E-state index contributed by atoms with van der Waals surface area (Å²) in [6.45, 7) is 4.46. The Morgan fingerprint density at radius 1 is 1.29 bits per heavy atom. The van der Waals surface area contributed by atoms with Crippen molar-refractivity contribution in [3.8, 4) is 0 Å². The van der Waals surface area contributed by atoms with Gasteiger partial charge in [-0.05, 0) is 31.1 Å². The number of hydrogen-bond acceptors (Lipinski definition) is 1. The second-order valence-corrected chi connectivity index (χ2v) is 5.31. The Bertz CT molecular complexity index is 232. The number of amides is 1. The molecule has 1 aliphatic heterocycles. The Kier molecular flexibility index (Phi) is 2.54. The van der Waals surface area contributed by atoms with E-state index < -0.39 is 0 Å². The van der Waals surface area contributed by atoms with Crippen molar-refractivity contribution in [2.75, 3.05) is 0 Å². The summed E-state index contributed by atoms with van der Waals surface area (Å²) in [4.78, 5) is 11.4. The highest BCUT2D eigenvalue weighted by Gasteiger charge is 2.45. The maximum Gasteiger partial charge on any atom is 0.220 e. The average Bonchev–Trinajstić information content (AvgIpc) is 2.43. The van der Waals surface area contributed by atoms with Crippen LogP contribution in [0, 0.1) is 11.3 Å². The summed E-state index contributed by atoms with van der Waals surface area (Å²) in [6.07, 6.45) is 7.52. The predicted molar refractivity (Wildman–Crippen MR) is 56.9 cm³/mol. The fourth-order valence-corrected chi connectivity index (χ4v) is 3.22. The van der Waals surface area contributed by atoms with Crippen LogP contribution in [-0.2, 0) is 4.79 Å². The summed E-state index contributed by atoms with van der Waals surface area (Å²) in [5.41, 5.74) is 0.234. The third kappa shape index (κ3) is 1.55. The molecule has 2 atom stereocenters. The predicted octanol–water partition coefficient (Wildman–Crippen LogP) is 2.48. The first-order valence-corrected chi connectivity index (χ1v) is 5.92. The zero-order valence-corrected chi connectivity index (χ0v) is 9.31. The molecule has 2 unspecified atom stereocenters. The van der Waals surface area contributed by atoms with Crippen LogP contribution in [0.5, 0.6) is 0 Å². The summed E-state index contributed by atoms with van der Waals surface area (Å²) in [5, 5.41) is 3.07. The van der Waals surface area contributed by atoms with E-state index in [9.17, 15) is 4.79 Å². The Balaban J connectivity index is 2.09. The van der Waals surface area contributed by atoms with Crippen molar-refractivity contribution in [2.24, 2.45) is 11.3 Å². The molecule has 0 aromatic rings. The van der Waals surface area contributed by atoms with E-state index in [4.69, 9.17) is 0 Å². The van der Waals surface area contributed by atoms with Crippen LogP contribution < -0.4 is 5.32 Å². The molecule has 1 amide bonds. The van der Waals surface area contributed by atoms with Crippen LogP contribution in [0.3, 0.4) is 0 Å². The van der Waals surface area contributed by atoms with Gasteiger partial charge in [0.1, 0.15) is 0 Å². The van der Waals surface area contributed by atoms with E-state index in [-0.39, 0.29) is 11.3 Å². The second-order valence-electron chi connectivity index (χ2n) is 5.31. The minimum atomic E-state index is 0.234. The van der Waals surface area contributed by atoms with Crippen LogP contribution in [-0.4, -0.2) is 11.9 Å². The van der Waals surface area contributed by atoms with E-state index in [1.807, 2.05) is 0 Å². The van der Waals surface area contributed by atoms with Gasteiger partial charge in [-0.1, -0.05) is 26.2 Å². The fraction of sp³-hybridized carbons (Fsp3) is 0.917. The Labute approximate surface area is 86.5 Å². The van der Waals surface area contributed by atoms with E-state index >= 15 is 0 Å². The third-order valence-electron chi connectivity index (χ3n) is 4.45. The van der Waals surface area contributed by atoms with E-state index in [1.54, 1.807) is 0 Å². The molecule has 0 bridgehead atoms. The van der Waals surface area contributed by atoms with Gasteiger partial charge in [0.15, 0.2) is 0 Å². The number of hydrogen-bond donors (Lipinski definition) is 1. The molecule has 0 radical (unpaired) electrons. The lowest BCUT2D eigenvalue weighted by Gasteiger charge is -2.39. The molecule has 1 N–H and O–H groups in total. The van der Waals surface area contributed by atoms with Crippen molar-refractivity contribution in [1.82, 2.24) is 5.32 Å². The molecule has 2 aliphatic rings. The highest BCUT2D eigenvalue weighted by molar-refractivity contribution is 5.79. The monoisotopic (exact) mass is 195 g/mol. The van der Waals surface area contributed by atoms with Gasteiger partial charge < -0.3 is 5.32 Å². The van der Waals surface area contributed by atoms with Crippen molar-refractivity contribution < 1.29 is 4.79 Å². The summed E-state index contributed by atoms with van der Waals surface area (Å²) in [5.74, 6) is 1.02. The van der Waals surface area contributed by atoms with Crippen molar-refractivity contribution in [1.29, 1.82) is 0 Å². The second kappa shape index (κ2) is 3.56. The van der Waals surface area contributed by atoms with Crippen LogP contribution in [0.25, 0.3) is 0 Å². The summed E-state index contributed by atoms with van der Waals surface area (Å²) < 4.78 is 0. The molecule has 0 aromatic carbocycles. The van der Waals surface area contributed by atoms with Gasteiger partial charge in [-0.2, -0.15) is 0 Å². The maximum absolute atomic E-state index is 11.4. The number of nitrogens with one attached hydrogen (secondary N) is 1. The van der Waals surface area contributed by atoms with E-state index in [2.05, 4.69) is 19.2 Å². The molecule has 1 saturated heterocycles. The fourth-order valence-electron chi connectivity index (χ4n) is 3.22. The van der Waals surface area contributed by atoms with Crippen molar-refractivity contribution >= 4 is 5.91 Å². The molecule has 1 heterocycles. The molecule has 1 saturated carbocycles. The lowest BCUT2D eigenvalue weighted by molar-refractivity contribution is -0.120. The molecule has 2 fully saturated rings. The highest BCUT2D eigenvalue weighted by atomic mass is 16.2. The van der Waals surface area contributed by atoms with Gasteiger partial charge in [-0.3, -0.25) is 4.79 Å². The molecule has 2 heteroatoms. The van der Waals surface area contributed by atoms with Crippen LogP contribution in [0.1, 0.15) is 52.4 Å². The SMILES string of the molecule is CC1NC(=O)CC1(C)C1CCCCC1. The van der Waals surface area contributed by atoms with Crippen molar-refractivity contribution in [3.05, 3.63) is 0 Å². The molecule has 0 aromatic heterocycles. The van der Waals surface area contributed by atoms with Gasteiger partial charge in [0.25, 0.3) is 0 Å². The highest BCUT2D eigenvalue weighted by Crippen LogP contribution is 2.45. The zero-order valence-electron chi connectivity index (χ0n) is 9.31. The number of carbonyl (C=O) groups excluding carboxylic acids is 1. The first-order chi connectivity index (χ1) is 6.63. The summed E-state index contributed by atoms with van der Waals surface area (Å²) in [6, 6.07) is 0.373. The molecule has 80 valence electrons. The van der Waals surface area contributed by atoms with Gasteiger partial charge in [0.05, 0.1) is 0 Å². The lowest BCUT2D eigenvalue weighted by Crippen LogP contribution is -2.38. The first kappa shape index (κ1) is 10.0. The van der Waals surface area contributed by atoms with E-state index in [1.165, 1.54) is 32.1 Å². The molecule has 2 nitrogen and oxygen atoms in total. The maximum atomic E-state index is 11.4. The van der Waals surface area contributed by atoms with Gasteiger partial charge in [-0.25, -0.2) is 0 Å². The van der Waals surface area contributed by atoms with Crippen LogP contribution in [0.2, 0.25) is 0 Å². The Morgan fingerprint density at radius 3 is 2.43 bits per heavy atom. The molecule has 14 heavy (non-hydrogen) atoms. The molecular weight excluding hydrogens is 174 g/mol. The molecule has 1 aliphatic carbocycles. The number of rotatable bonds is 1. The Morgan fingerprint density at radius 2 is 1.93 bits per heavy atom. The molecule has 0 spiro atoms. The largest absolute Gasteiger partial charge is 0.353 e.